The third kappa shape index (κ3) is 4.45. The van der Waals surface area contributed by atoms with Crippen molar-refractivity contribution in [1.29, 1.82) is 0 Å². The highest BCUT2D eigenvalue weighted by atomic mass is 16.5. The van der Waals surface area contributed by atoms with E-state index < -0.39 is 0 Å². The van der Waals surface area contributed by atoms with Crippen molar-refractivity contribution in [3.05, 3.63) is 42.0 Å². The lowest BCUT2D eigenvalue weighted by molar-refractivity contribution is -0.134. The van der Waals surface area contributed by atoms with Crippen LogP contribution in [0.1, 0.15) is 57.9 Å². The minimum atomic E-state index is -0.319. The lowest BCUT2D eigenvalue weighted by Gasteiger charge is -2.26. The van der Waals surface area contributed by atoms with E-state index in [1.54, 1.807) is 0 Å². The van der Waals surface area contributed by atoms with Crippen LogP contribution in [0, 0.1) is 11.8 Å². The van der Waals surface area contributed by atoms with Gasteiger partial charge in [0.25, 0.3) is 0 Å². The first-order valence-electron chi connectivity index (χ1n) is 10.6. The number of nitrogens with one attached hydrogen (secondary N) is 1. The van der Waals surface area contributed by atoms with Crippen LogP contribution in [-0.4, -0.2) is 29.6 Å². The van der Waals surface area contributed by atoms with Crippen LogP contribution in [0.15, 0.2) is 36.4 Å². The number of hydrogen-bond donors (Lipinski definition) is 2. The molecule has 156 valence electrons. The largest absolute Gasteiger partial charge is 0.426 e. The van der Waals surface area contributed by atoms with E-state index in [1.165, 1.54) is 0 Å². The number of aliphatic hydroxyl groups excluding tert-OH is 1. The molecule has 29 heavy (non-hydrogen) atoms. The predicted octanol–water partition coefficient (Wildman–Crippen LogP) is 4.17. The molecule has 0 saturated carbocycles. The van der Waals surface area contributed by atoms with Gasteiger partial charge in [-0.05, 0) is 29.4 Å². The summed E-state index contributed by atoms with van der Waals surface area (Å²) in [6.07, 6.45) is 3.31. The van der Waals surface area contributed by atoms with Gasteiger partial charge in [-0.25, -0.2) is 0 Å². The van der Waals surface area contributed by atoms with E-state index in [4.69, 9.17) is 4.74 Å². The maximum Gasteiger partial charge on any atom is 0.311 e. The van der Waals surface area contributed by atoms with Gasteiger partial charge in [0.2, 0.25) is 5.91 Å². The van der Waals surface area contributed by atoms with Crippen LogP contribution in [0.4, 0.5) is 0 Å². The second-order valence-corrected chi connectivity index (χ2v) is 8.22. The summed E-state index contributed by atoms with van der Waals surface area (Å²) >= 11 is 0. The summed E-state index contributed by atoms with van der Waals surface area (Å²) in [4.78, 5) is 24.8. The number of benzene rings is 2. The molecule has 1 heterocycles. The Kier molecular flexibility index (Phi) is 6.91. The molecule has 1 fully saturated rings. The molecule has 1 saturated heterocycles. The van der Waals surface area contributed by atoms with Crippen molar-refractivity contribution in [2.45, 2.75) is 58.4 Å². The predicted molar refractivity (Wildman–Crippen MR) is 114 cm³/mol. The topological polar surface area (TPSA) is 75.6 Å². The van der Waals surface area contributed by atoms with Crippen LogP contribution >= 0.6 is 0 Å². The van der Waals surface area contributed by atoms with Crippen molar-refractivity contribution in [2.75, 3.05) is 6.61 Å². The number of aliphatic hydroxyl groups is 1. The van der Waals surface area contributed by atoms with E-state index in [9.17, 15) is 14.7 Å². The van der Waals surface area contributed by atoms with Gasteiger partial charge in [0.05, 0.1) is 12.6 Å². The summed E-state index contributed by atoms with van der Waals surface area (Å²) in [5, 5.41) is 14.6. The molecule has 0 spiro atoms. The molecule has 2 N–H and O–H groups in total. The first kappa shape index (κ1) is 21.3. The molecule has 1 amide bonds. The van der Waals surface area contributed by atoms with E-state index in [2.05, 4.69) is 12.2 Å². The highest BCUT2D eigenvalue weighted by Gasteiger charge is 2.44. The monoisotopic (exact) mass is 397 g/mol. The first-order valence-corrected chi connectivity index (χ1v) is 10.6. The number of carbonyl (C=O) groups excluding carboxylic acids is 2. The minimum Gasteiger partial charge on any atom is -0.426 e. The molecule has 0 aromatic heterocycles. The SMILES string of the molecule is CCCCCC(=O)Oc1ccc([C@@H]2[C@@H](C(C)C)C(=O)N[C@@H]2CO)c2ccccc12. The van der Waals surface area contributed by atoms with Crippen molar-refractivity contribution in [1.82, 2.24) is 5.32 Å². The lowest BCUT2D eigenvalue weighted by atomic mass is 9.77. The van der Waals surface area contributed by atoms with Crippen LogP contribution in [0.3, 0.4) is 0 Å². The molecule has 0 bridgehead atoms. The van der Waals surface area contributed by atoms with Gasteiger partial charge < -0.3 is 15.2 Å². The number of carbonyl (C=O) groups is 2. The molecule has 1 aliphatic rings. The summed E-state index contributed by atoms with van der Waals surface area (Å²) in [6.45, 7) is 6.06. The third-order valence-corrected chi connectivity index (χ3v) is 5.85. The molecule has 3 rings (SSSR count). The fraction of sp³-hybridized carbons (Fsp3) is 0.500. The minimum absolute atomic E-state index is 0.0143. The van der Waals surface area contributed by atoms with Crippen LogP contribution in [0.5, 0.6) is 5.75 Å². The van der Waals surface area contributed by atoms with Gasteiger partial charge in [-0.15, -0.1) is 0 Å². The van der Waals surface area contributed by atoms with Crippen LogP contribution in [0.2, 0.25) is 0 Å². The summed E-state index contributed by atoms with van der Waals surface area (Å²) in [6, 6.07) is 11.2. The molecule has 5 nitrogen and oxygen atoms in total. The van der Waals surface area contributed by atoms with E-state index >= 15 is 0 Å². The van der Waals surface area contributed by atoms with Gasteiger partial charge in [-0.3, -0.25) is 9.59 Å². The van der Waals surface area contributed by atoms with E-state index in [0.717, 1.165) is 35.6 Å². The quantitative estimate of drug-likeness (QED) is 0.398. The Bertz CT molecular complexity index is 876. The van der Waals surface area contributed by atoms with Crippen LogP contribution in [-0.2, 0) is 9.59 Å². The number of amides is 1. The Balaban J connectivity index is 1.98. The number of fused-ring (bicyclic) bond motifs is 1. The second kappa shape index (κ2) is 9.40. The summed E-state index contributed by atoms with van der Waals surface area (Å²) < 4.78 is 5.67. The van der Waals surface area contributed by atoms with Gasteiger partial charge in [-0.2, -0.15) is 0 Å². The van der Waals surface area contributed by atoms with Gasteiger partial charge >= 0.3 is 5.97 Å². The average molecular weight is 398 g/mol. The summed E-state index contributed by atoms with van der Waals surface area (Å²) in [5.74, 6) is 0.114. The Morgan fingerprint density at radius 3 is 2.52 bits per heavy atom. The molecule has 3 atom stereocenters. The van der Waals surface area contributed by atoms with Gasteiger partial charge in [0.15, 0.2) is 0 Å². The number of hydrogen-bond acceptors (Lipinski definition) is 4. The lowest BCUT2D eigenvalue weighted by Crippen LogP contribution is -2.31. The maximum atomic E-state index is 12.6. The first-order chi connectivity index (χ1) is 14.0. The normalized spacial score (nSPS) is 21.6. The van der Waals surface area contributed by atoms with E-state index in [1.807, 2.05) is 50.2 Å². The Morgan fingerprint density at radius 1 is 1.14 bits per heavy atom. The fourth-order valence-electron chi connectivity index (χ4n) is 4.44. The molecule has 0 aliphatic carbocycles. The molecule has 0 radical (unpaired) electrons. The summed E-state index contributed by atoms with van der Waals surface area (Å²) in [7, 11) is 0. The van der Waals surface area contributed by atoms with Crippen LogP contribution in [0.25, 0.3) is 10.8 Å². The van der Waals surface area contributed by atoms with Gasteiger partial charge in [0, 0.05) is 23.6 Å². The Morgan fingerprint density at radius 2 is 1.86 bits per heavy atom. The molecule has 1 aliphatic heterocycles. The number of ether oxygens (including phenoxy) is 1. The number of esters is 1. The van der Waals surface area contributed by atoms with Crippen molar-refractivity contribution in [2.24, 2.45) is 11.8 Å². The second-order valence-electron chi connectivity index (χ2n) is 8.22. The Hall–Kier alpha value is -2.40. The molecular weight excluding hydrogens is 366 g/mol. The van der Waals surface area contributed by atoms with Crippen molar-refractivity contribution < 1.29 is 19.4 Å². The third-order valence-electron chi connectivity index (χ3n) is 5.85. The smallest absolute Gasteiger partial charge is 0.311 e. The zero-order valence-electron chi connectivity index (χ0n) is 17.5. The Labute approximate surface area is 172 Å². The van der Waals surface area contributed by atoms with Gasteiger partial charge in [-0.1, -0.05) is 63.9 Å². The van der Waals surface area contributed by atoms with Crippen molar-refractivity contribution in [3.63, 3.8) is 0 Å². The van der Waals surface area contributed by atoms with E-state index in [-0.39, 0.29) is 42.3 Å². The molecular formula is C24H31NO4. The van der Waals surface area contributed by atoms with Crippen LogP contribution < -0.4 is 10.1 Å². The average Bonchev–Trinajstić information content (AvgIpc) is 3.04. The molecule has 2 aromatic carbocycles. The number of unbranched alkanes of at least 4 members (excludes halogenated alkanes) is 2. The summed E-state index contributed by atoms with van der Waals surface area (Å²) in [5.41, 5.74) is 1.00. The molecule has 2 aromatic rings. The zero-order chi connectivity index (χ0) is 21.0. The fourth-order valence-corrected chi connectivity index (χ4v) is 4.44. The highest BCUT2D eigenvalue weighted by Crippen LogP contribution is 2.42. The standard InChI is InChI=1S/C24H31NO4/c1-4-5-6-11-21(27)29-20-13-12-18(16-9-7-8-10-17(16)20)23-19(14-26)25-24(28)22(23)15(2)3/h7-10,12-13,15,19,22-23,26H,4-6,11,14H2,1-3H3,(H,25,28)/t19-,22-,23+/m1/s1. The zero-order valence-corrected chi connectivity index (χ0v) is 17.5. The van der Waals surface area contributed by atoms with E-state index in [0.29, 0.717) is 12.2 Å². The van der Waals surface area contributed by atoms with Crippen molar-refractivity contribution in [3.8, 4) is 5.75 Å². The van der Waals surface area contributed by atoms with Gasteiger partial charge in [0.1, 0.15) is 5.75 Å². The maximum absolute atomic E-state index is 12.6. The highest BCUT2D eigenvalue weighted by molar-refractivity contribution is 5.94. The molecule has 5 heteroatoms. The number of rotatable bonds is 8. The van der Waals surface area contributed by atoms with Crippen molar-refractivity contribution >= 4 is 22.6 Å². The molecule has 0 unspecified atom stereocenters.